The molecule has 0 spiro atoms. The number of fused-ring (bicyclic) bond motifs is 3. The number of hydrogen-bond acceptors (Lipinski definition) is 5. The number of aromatic amines is 1. The lowest BCUT2D eigenvalue weighted by Gasteiger charge is -2.31. The van der Waals surface area contributed by atoms with Crippen LogP contribution in [0, 0.1) is 0 Å². The van der Waals surface area contributed by atoms with Gasteiger partial charge in [-0.05, 0) is 71.8 Å². The summed E-state index contributed by atoms with van der Waals surface area (Å²) in [6, 6.07) is 6.34. The number of benzene rings is 1. The van der Waals surface area contributed by atoms with Crippen molar-refractivity contribution in [1.29, 1.82) is 0 Å². The Morgan fingerprint density at radius 3 is 2.66 bits per heavy atom. The number of pyridine rings is 1. The van der Waals surface area contributed by atoms with Crippen LogP contribution in [-0.2, 0) is 13.0 Å². The molecule has 3 aromatic rings. The Kier molecular flexibility index (Phi) is 6.75. The Hall–Kier alpha value is -2.18. The lowest BCUT2D eigenvalue weighted by molar-refractivity contribution is 0.172. The van der Waals surface area contributed by atoms with Crippen LogP contribution in [0.2, 0.25) is 0 Å². The first-order chi connectivity index (χ1) is 13.8. The molecule has 0 radical (unpaired) electrons. The van der Waals surface area contributed by atoms with E-state index in [2.05, 4.69) is 72.0 Å². The molecule has 6 nitrogen and oxygen atoms in total. The van der Waals surface area contributed by atoms with E-state index in [-0.39, 0.29) is 5.54 Å². The summed E-state index contributed by atoms with van der Waals surface area (Å²) in [6.45, 7) is 11.6. The van der Waals surface area contributed by atoms with Crippen LogP contribution in [0.15, 0.2) is 18.2 Å². The Morgan fingerprint density at radius 1 is 1.14 bits per heavy atom. The SMILES string of the molecule is CCNCc1nc2c(N)nc3cccc(CCCCCN(C)C(C)(C)C)c3c2[nH]1. The highest BCUT2D eigenvalue weighted by Gasteiger charge is 2.16. The van der Waals surface area contributed by atoms with Gasteiger partial charge in [0, 0.05) is 10.9 Å². The van der Waals surface area contributed by atoms with Crippen LogP contribution in [0.5, 0.6) is 0 Å². The standard InChI is InChI=1S/C23H36N6/c1-6-25-15-18-27-20-19-16(11-8-7-9-14-29(5)23(2,3)4)12-10-13-17(19)26-22(24)21(20)28-18/h10,12-13,25H,6-9,11,14-15H2,1-5H3,(H2,24,26)(H,27,28). The maximum atomic E-state index is 6.20. The van der Waals surface area contributed by atoms with Crippen LogP contribution in [0.1, 0.15) is 58.3 Å². The zero-order valence-electron chi connectivity index (χ0n) is 18.6. The summed E-state index contributed by atoms with van der Waals surface area (Å²) < 4.78 is 0. The highest BCUT2D eigenvalue weighted by Crippen LogP contribution is 2.29. The second-order valence-electron chi connectivity index (χ2n) is 8.90. The predicted molar refractivity (Wildman–Crippen MR) is 123 cm³/mol. The summed E-state index contributed by atoms with van der Waals surface area (Å²) >= 11 is 0. The molecule has 0 unspecified atom stereocenters. The molecule has 0 aliphatic rings. The van der Waals surface area contributed by atoms with Gasteiger partial charge in [0.2, 0.25) is 0 Å². The van der Waals surface area contributed by atoms with E-state index in [1.54, 1.807) is 0 Å². The number of unbranched alkanes of at least 4 members (excludes halogenated alkanes) is 2. The molecular formula is C23H36N6. The van der Waals surface area contributed by atoms with E-state index < -0.39 is 0 Å². The zero-order valence-corrected chi connectivity index (χ0v) is 18.6. The minimum Gasteiger partial charge on any atom is -0.382 e. The molecule has 0 amide bonds. The third kappa shape index (κ3) is 5.06. The number of nitrogens with zero attached hydrogens (tertiary/aromatic N) is 3. The number of anilines is 1. The molecule has 0 fully saturated rings. The first kappa shape index (κ1) is 21.5. The number of aromatic nitrogens is 3. The van der Waals surface area contributed by atoms with Crippen molar-refractivity contribution in [2.45, 2.75) is 65.5 Å². The van der Waals surface area contributed by atoms with Crippen molar-refractivity contribution in [3.05, 3.63) is 29.6 Å². The smallest absolute Gasteiger partial charge is 0.152 e. The van der Waals surface area contributed by atoms with Gasteiger partial charge in [-0.2, -0.15) is 0 Å². The summed E-state index contributed by atoms with van der Waals surface area (Å²) in [5.41, 5.74) is 10.5. The molecule has 3 rings (SSSR count). The van der Waals surface area contributed by atoms with Crippen molar-refractivity contribution in [2.24, 2.45) is 0 Å². The average molecular weight is 397 g/mol. The second-order valence-corrected chi connectivity index (χ2v) is 8.90. The van der Waals surface area contributed by atoms with E-state index in [9.17, 15) is 0 Å². The van der Waals surface area contributed by atoms with Gasteiger partial charge >= 0.3 is 0 Å². The number of imidazole rings is 1. The molecule has 1 aromatic carbocycles. The third-order valence-corrected chi connectivity index (χ3v) is 5.74. The fraction of sp³-hybridized carbons (Fsp3) is 0.565. The van der Waals surface area contributed by atoms with E-state index in [0.29, 0.717) is 12.4 Å². The van der Waals surface area contributed by atoms with Gasteiger partial charge in [-0.15, -0.1) is 0 Å². The Bertz CT molecular complexity index is 953. The molecule has 0 saturated carbocycles. The second kappa shape index (κ2) is 9.09. The molecule has 29 heavy (non-hydrogen) atoms. The number of nitrogens with one attached hydrogen (secondary N) is 2. The maximum Gasteiger partial charge on any atom is 0.152 e. The highest BCUT2D eigenvalue weighted by molar-refractivity contribution is 6.07. The van der Waals surface area contributed by atoms with Gasteiger partial charge in [-0.25, -0.2) is 9.97 Å². The molecular weight excluding hydrogens is 360 g/mol. The van der Waals surface area contributed by atoms with Crippen molar-refractivity contribution in [2.75, 3.05) is 25.9 Å². The molecule has 0 saturated heterocycles. The Balaban J connectivity index is 1.77. The molecule has 0 aliphatic heterocycles. The van der Waals surface area contributed by atoms with E-state index in [0.717, 1.165) is 41.9 Å². The summed E-state index contributed by atoms with van der Waals surface area (Å²) in [4.78, 5) is 15.2. The molecule has 0 atom stereocenters. The quantitative estimate of drug-likeness (QED) is 0.471. The first-order valence-corrected chi connectivity index (χ1v) is 10.8. The van der Waals surface area contributed by atoms with Gasteiger partial charge in [0.25, 0.3) is 0 Å². The zero-order chi connectivity index (χ0) is 21.0. The molecule has 6 heteroatoms. The fourth-order valence-corrected chi connectivity index (χ4v) is 3.65. The monoisotopic (exact) mass is 396 g/mol. The number of hydrogen-bond donors (Lipinski definition) is 3. The topological polar surface area (TPSA) is 82.9 Å². The van der Waals surface area contributed by atoms with Gasteiger partial charge in [-0.1, -0.05) is 25.5 Å². The van der Waals surface area contributed by atoms with Crippen molar-refractivity contribution in [1.82, 2.24) is 25.2 Å². The number of nitrogens with two attached hydrogens (primary N) is 1. The summed E-state index contributed by atoms with van der Waals surface area (Å²) in [5.74, 6) is 1.40. The summed E-state index contributed by atoms with van der Waals surface area (Å²) in [6.07, 6.45) is 4.65. The van der Waals surface area contributed by atoms with Crippen LogP contribution < -0.4 is 11.1 Å². The van der Waals surface area contributed by atoms with E-state index >= 15 is 0 Å². The van der Waals surface area contributed by atoms with Gasteiger partial charge in [0.15, 0.2) is 5.82 Å². The van der Waals surface area contributed by atoms with E-state index in [1.165, 1.54) is 30.2 Å². The van der Waals surface area contributed by atoms with E-state index in [1.807, 2.05) is 6.07 Å². The summed E-state index contributed by atoms with van der Waals surface area (Å²) in [5, 5.41) is 4.48. The van der Waals surface area contributed by atoms with Crippen LogP contribution in [-0.4, -0.2) is 45.5 Å². The number of nitrogen functional groups attached to an aromatic ring is 1. The number of rotatable bonds is 9. The minimum atomic E-state index is 0.234. The normalized spacial score (nSPS) is 12.5. The maximum absolute atomic E-state index is 6.20. The molecule has 0 aliphatic carbocycles. The predicted octanol–water partition coefficient (Wildman–Crippen LogP) is 4.25. The van der Waals surface area contributed by atoms with Crippen LogP contribution in [0.25, 0.3) is 21.9 Å². The van der Waals surface area contributed by atoms with Crippen molar-refractivity contribution >= 4 is 27.8 Å². The molecule has 158 valence electrons. The molecule has 2 heterocycles. The lowest BCUT2D eigenvalue weighted by Crippen LogP contribution is -2.38. The van der Waals surface area contributed by atoms with Gasteiger partial charge in [-0.3, -0.25) is 0 Å². The highest BCUT2D eigenvalue weighted by atomic mass is 15.1. The van der Waals surface area contributed by atoms with E-state index in [4.69, 9.17) is 5.73 Å². The van der Waals surface area contributed by atoms with Crippen LogP contribution in [0.4, 0.5) is 5.82 Å². The van der Waals surface area contributed by atoms with Crippen LogP contribution >= 0.6 is 0 Å². The minimum absolute atomic E-state index is 0.234. The largest absolute Gasteiger partial charge is 0.382 e. The number of H-pyrrole nitrogens is 1. The van der Waals surface area contributed by atoms with Crippen molar-refractivity contribution < 1.29 is 0 Å². The average Bonchev–Trinajstić information content (AvgIpc) is 3.10. The Labute approximate surface area is 174 Å². The first-order valence-electron chi connectivity index (χ1n) is 10.8. The van der Waals surface area contributed by atoms with Crippen molar-refractivity contribution in [3.63, 3.8) is 0 Å². The summed E-state index contributed by atoms with van der Waals surface area (Å²) in [7, 11) is 2.21. The van der Waals surface area contributed by atoms with Gasteiger partial charge in [0.05, 0.1) is 17.6 Å². The van der Waals surface area contributed by atoms with Gasteiger partial charge in [0.1, 0.15) is 11.3 Å². The van der Waals surface area contributed by atoms with Crippen LogP contribution in [0.3, 0.4) is 0 Å². The Morgan fingerprint density at radius 2 is 1.93 bits per heavy atom. The fourth-order valence-electron chi connectivity index (χ4n) is 3.65. The lowest BCUT2D eigenvalue weighted by atomic mass is 10.0. The number of aryl methyl sites for hydroxylation is 1. The van der Waals surface area contributed by atoms with Gasteiger partial charge < -0.3 is 20.9 Å². The molecule has 2 aromatic heterocycles. The van der Waals surface area contributed by atoms with Crippen molar-refractivity contribution in [3.8, 4) is 0 Å². The third-order valence-electron chi connectivity index (χ3n) is 5.74. The molecule has 0 bridgehead atoms. The molecule has 4 N–H and O–H groups in total.